The molecule has 3 rings (SSSR count). The van der Waals surface area contributed by atoms with Crippen molar-refractivity contribution in [3.63, 3.8) is 0 Å². The van der Waals surface area contributed by atoms with Crippen molar-refractivity contribution in [3.05, 3.63) is 24.5 Å². The van der Waals surface area contributed by atoms with Crippen LogP contribution >= 0.6 is 11.8 Å². The zero-order valence-corrected chi connectivity index (χ0v) is 15.3. The molecule has 0 N–H and O–H groups in total. The van der Waals surface area contributed by atoms with Gasteiger partial charge < -0.3 is 4.90 Å². The van der Waals surface area contributed by atoms with Crippen molar-refractivity contribution in [1.29, 1.82) is 0 Å². The Morgan fingerprint density at radius 3 is 2.62 bits per heavy atom. The van der Waals surface area contributed by atoms with Gasteiger partial charge in [-0.25, -0.2) is 0 Å². The molecule has 2 aromatic heterocycles. The fraction of sp³-hybridized carbons (Fsp3) is 0.529. The van der Waals surface area contributed by atoms with Crippen LogP contribution in [-0.4, -0.2) is 49.9 Å². The molecule has 1 unspecified atom stereocenters. The van der Waals surface area contributed by atoms with Gasteiger partial charge in [-0.1, -0.05) is 25.6 Å². The van der Waals surface area contributed by atoms with E-state index in [0.29, 0.717) is 6.04 Å². The first kappa shape index (κ1) is 17.0. The first-order valence-corrected chi connectivity index (χ1v) is 9.10. The number of pyridine rings is 1. The van der Waals surface area contributed by atoms with E-state index in [4.69, 9.17) is 0 Å². The molecule has 128 valence electrons. The van der Waals surface area contributed by atoms with Gasteiger partial charge in [0.25, 0.3) is 0 Å². The van der Waals surface area contributed by atoms with Crippen LogP contribution in [0.3, 0.4) is 0 Å². The highest BCUT2D eigenvalue weighted by Crippen LogP contribution is 2.42. The van der Waals surface area contributed by atoms with E-state index in [-0.39, 0.29) is 17.1 Å². The average Bonchev–Trinajstić information content (AvgIpc) is 3.32. The van der Waals surface area contributed by atoms with Crippen LogP contribution in [0.1, 0.15) is 32.7 Å². The van der Waals surface area contributed by atoms with Gasteiger partial charge in [-0.2, -0.15) is 0 Å². The molecule has 0 aromatic carbocycles. The maximum atomic E-state index is 12.5. The molecule has 1 fully saturated rings. The van der Waals surface area contributed by atoms with Gasteiger partial charge in [0, 0.05) is 38.1 Å². The van der Waals surface area contributed by atoms with Crippen LogP contribution in [-0.2, 0) is 4.79 Å². The summed E-state index contributed by atoms with van der Waals surface area (Å²) in [6, 6.07) is 4.33. The monoisotopic (exact) mass is 345 g/mol. The topological polar surface area (TPSA) is 63.9 Å². The molecule has 1 aliphatic carbocycles. The third-order valence-electron chi connectivity index (χ3n) is 4.02. The van der Waals surface area contributed by atoms with Crippen LogP contribution in [0.15, 0.2) is 29.7 Å². The Morgan fingerprint density at radius 2 is 2.08 bits per heavy atom. The summed E-state index contributed by atoms with van der Waals surface area (Å²) < 4.78 is 2.18. The molecule has 0 saturated heterocycles. The zero-order valence-electron chi connectivity index (χ0n) is 14.5. The summed E-state index contributed by atoms with van der Waals surface area (Å²) in [4.78, 5) is 18.3. The van der Waals surface area contributed by atoms with Crippen molar-refractivity contribution in [2.45, 2.75) is 43.1 Å². The number of hydrogen-bond acceptors (Lipinski definition) is 5. The van der Waals surface area contributed by atoms with E-state index in [1.807, 2.05) is 18.3 Å². The molecule has 6 nitrogen and oxygen atoms in total. The number of carbonyl (C=O) groups is 1. The average molecular weight is 345 g/mol. The molecule has 2 aromatic rings. The van der Waals surface area contributed by atoms with E-state index in [0.717, 1.165) is 29.4 Å². The Hall–Kier alpha value is -1.89. The van der Waals surface area contributed by atoms with Crippen LogP contribution in [0, 0.1) is 5.92 Å². The maximum absolute atomic E-state index is 12.5. The highest BCUT2D eigenvalue weighted by atomic mass is 32.2. The highest BCUT2D eigenvalue weighted by molar-refractivity contribution is 8.00. The molecule has 1 atom stereocenters. The van der Waals surface area contributed by atoms with Gasteiger partial charge in [0.1, 0.15) is 0 Å². The van der Waals surface area contributed by atoms with Crippen LogP contribution in [0.2, 0.25) is 0 Å². The lowest BCUT2D eigenvalue weighted by Crippen LogP contribution is -2.35. The molecule has 2 heterocycles. The molecule has 1 amide bonds. The van der Waals surface area contributed by atoms with Gasteiger partial charge in [-0.15, -0.1) is 10.2 Å². The molecule has 24 heavy (non-hydrogen) atoms. The lowest BCUT2D eigenvalue weighted by Gasteiger charge is -2.23. The van der Waals surface area contributed by atoms with Crippen molar-refractivity contribution in [3.8, 4) is 11.4 Å². The second kappa shape index (κ2) is 6.93. The van der Waals surface area contributed by atoms with Gasteiger partial charge in [0.2, 0.25) is 5.91 Å². The smallest absolute Gasteiger partial charge is 0.235 e. The number of rotatable bonds is 6. The largest absolute Gasteiger partial charge is 0.348 e. The highest BCUT2D eigenvalue weighted by Gasteiger charge is 2.33. The second-order valence-corrected chi connectivity index (χ2v) is 7.77. The maximum Gasteiger partial charge on any atom is 0.235 e. The summed E-state index contributed by atoms with van der Waals surface area (Å²) in [7, 11) is 3.59. The summed E-state index contributed by atoms with van der Waals surface area (Å²) in [5.41, 5.74) is 0.962. The van der Waals surface area contributed by atoms with Crippen molar-refractivity contribution < 1.29 is 4.79 Å². The summed E-state index contributed by atoms with van der Waals surface area (Å²) in [5, 5.41) is 9.45. The molecule has 1 aliphatic rings. The van der Waals surface area contributed by atoms with Gasteiger partial charge in [0.15, 0.2) is 11.0 Å². The van der Waals surface area contributed by atoms with E-state index in [1.165, 1.54) is 11.8 Å². The van der Waals surface area contributed by atoms with E-state index in [9.17, 15) is 4.79 Å². The third-order valence-corrected chi connectivity index (χ3v) is 5.51. The van der Waals surface area contributed by atoms with Crippen molar-refractivity contribution in [2.75, 3.05) is 14.1 Å². The number of thioether (sulfide) groups is 1. The lowest BCUT2D eigenvalue weighted by atomic mass is 10.1. The van der Waals surface area contributed by atoms with Gasteiger partial charge in [-0.05, 0) is 30.9 Å². The number of carbonyl (C=O) groups excluding carboxylic acids is 1. The Bertz CT molecular complexity index is 709. The number of hydrogen-bond donors (Lipinski definition) is 0. The molecule has 0 bridgehead atoms. The summed E-state index contributed by atoms with van der Waals surface area (Å²) >= 11 is 1.52. The fourth-order valence-corrected chi connectivity index (χ4v) is 3.80. The quantitative estimate of drug-likeness (QED) is 0.753. The first-order valence-electron chi connectivity index (χ1n) is 8.22. The van der Waals surface area contributed by atoms with Gasteiger partial charge >= 0.3 is 0 Å². The van der Waals surface area contributed by atoms with Gasteiger partial charge in [0.05, 0.1) is 5.25 Å². The number of nitrogens with zero attached hydrogens (tertiary/aromatic N) is 5. The molecular formula is C17H23N5OS. The van der Waals surface area contributed by atoms with Crippen LogP contribution in [0.5, 0.6) is 0 Å². The summed E-state index contributed by atoms with van der Waals surface area (Å²) in [6.45, 7) is 4.14. The lowest BCUT2D eigenvalue weighted by molar-refractivity contribution is -0.128. The predicted molar refractivity (Wildman–Crippen MR) is 94.7 cm³/mol. The third kappa shape index (κ3) is 3.45. The van der Waals surface area contributed by atoms with Crippen LogP contribution in [0.4, 0.5) is 0 Å². The molecule has 7 heteroatoms. The van der Waals surface area contributed by atoms with Crippen molar-refractivity contribution in [1.82, 2.24) is 24.6 Å². The molecule has 0 spiro atoms. The van der Waals surface area contributed by atoms with Crippen LogP contribution in [0.25, 0.3) is 11.4 Å². The molecule has 1 saturated carbocycles. The Labute approximate surface area is 146 Å². The minimum Gasteiger partial charge on any atom is -0.348 e. The first-order chi connectivity index (χ1) is 11.5. The summed E-state index contributed by atoms with van der Waals surface area (Å²) in [6.07, 6.45) is 5.82. The zero-order chi connectivity index (χ0) is 17.3. The predicted octanol–water partition coefficient (Wildman–Crippen LogP) is 2.88. The minimum absolute atomic E-state index is 0.114. The number of aromatic nitrogens is 4. The number of amides is 1. The second-order valence-electron chi connectivity index (χ2n) is 6.66. The Balaban J connectivity index is 1.94. The molecule has 0 radical (unpaired) electrons. The van der Waals surface area contributed by atoms with Gasteiger partial charge in [-0.3, -0.25) is 14.3 Å². The SMILES string of the molecule is CC(C)C(Sc1nnc(-c2cccnc2)n1C1CC1)C(=O)N(C)C. The molecule has 0 aliphatic heterocycles. The Morgan fingerprint density at radius 1 is 1.33 bits per heavy atom. The Kier molecular flexibility index (Phi) is 4.89. The summed E-state index contributed by atoms with van der Waals surface area (Å²) in [5.74, 6) is 1.17. The van der Waals surface area contributed by atoms with Crippen molar-refractivity contribution in [2.24, 2.45) is 5.92 Å². The fourth-order valence-electron chi connectivity index (χ4n) is 2.55. The normalized spacial score (nSPS) is 15.5. The minimum atomic E-state index is -0.163. The van der Waals surface area contributed by atoms with E-state index in [2.05, 4.69) is 33.6 Å². The van der Waals surface area contributed by atoms with E-state index < -0.39 is 0 Å². The molecular weight excluding hydrogens is 322 g/mol. The van der Waals surface area contributed by atoms with Crippen LogP contribution < -0.4 is 0 Å². The van der Waals surface area contributed by atoms with E-state index >= 15 is 0 Å². The van der Waals surface area contributed by atoms with Crippen molar-refractivity contribution >= 4 is 17.7 Å². The standard InChI is InChI=1S/C17H23N5OS/c1-11(2)14(16(23)21(3)4)24-17-20-19-15(22(17)13-7-8-13)12-6-5-9-18-10-12/h5-6,9-11,13-14H,7-8H2,1-4H3. The van der Waals surface area contributed by atoms with E-state index in [1.54, 1.807) is 25.2 Å².